The molecule has 1 aromatic rings. The van der Waals surface area contributed by atoms with Crippen molar-refractivity contribution in [1.29, 1.82) is 0 Å². The van der Waals surface area contributed by atoms with Gasteiger partial charge in [0.25, 0.3) is 0 Å². The maximum absolute atomic E-state index is 11.8. The van der Waals surface area contributed by atoms with Crippen LogP contribution in [0.2, 0.25) is 0 Å². The molecular formula is C15H19NOS. The van der Waals surface area contributed by atoms with Crippen LogP contribution in [0.3, 0.4) is 0 Å². The third-order valence-corrected chi connectivity index (χ3v) is 4.01. The molecule has 0 bridgehead atoms. The summed E-state index contributed by atoms with van der Waals surface area (Å²) < 4.78 is 0. The van der Waals surface area contributed by atoms with Gasteiger partial charge in [-0.15, -0.1) is 11.8 Å². The first-order valence-electron chi connectivity index (χ1n) is 6.26. The lowest BCUT2D eigenvalue weighted by Gasteiger charge is -2.39. The molecule has 1 aromatic carbocycles. The summed E-state index contributed by atoms with van der Waals surface area (Å²) in [4.78, 5) is 14.1. The topological polar surface area (TPSA) is 20.3 Å². The molecule has 0 amide bonds. The van der Waals surface area contributed by atoms with E-state index >= 15 is 0 Å². The van der Waals surface area contributed by atoms with Gasteiger partial charge in [0.15, 0.2) is 5.78 Å². The number of hydrogen-bond acceptors (Lipinski definition) is 3. The van der Waals surface area contributed by atoms with Gasteiger partial charge in [-0.3, -0.25) is 4.79 Å². The van der Waals surface area contributed by atoms with Gasteiger partial charge in [0.2, 0.25) is 0 Å². The zero-order chi connectivity index (χ0) is 13.1. The molecule has 1 aliphatic heterocycles. The number of anilines is 1. The molecule has 0 unspecified atom stereocenters. The number of rotatable bonds is 3. The van der Waals surface area contributed by atoms with E-state index in [2.05, 4.69) is 30.9 Å². The quantitative estimate of drug-likeness (QED) is 0.827. The molecule has 0 radical (unpaired) electrons. The molecule has 0 spiro atoms. The fraction of sp³-hybridized carbons (Fsp3) is 0.400. The first-order chi connectivity index (χ1) is 8.63. The highest BCUT2D eigenvalue weighted by molar-refractivity contribution is 8.02. The Morgan fingerprint density at radius 2 is 1.94 bits per heavy atom. The van der Waals surface area contributed by atoms with Gasteiger partial charge in [-0.05, 0) is 24.3 Å². The molecule has 1 heterocycles. The first kappa shape index (κ1) is 13.2. The summed E-state index contributed by atoms with van der Waals surface area (Å²) in [5.41, 5.74) is 1.17. The number of allylic oxidation sites excluding steroid dienone is 1. The SMILES string of the molecule is CSC1=CC(=O)C[C@H](C(C)C)N1c1ccccc1. The van der Waals surface area contributed by atoms with E-state index < -0.39 is 0 Å². The monoisotopic (exact) mass is 261 g/mol. The number of para-hydroxylation sites is 1. The number of thioether (sulfide) groups is 1. The Bertz CT molecular complexity index is 453. The largest absolute Gasteiger partial charge is 0.332 e. The molecule has 1 atom stereocenters. The number of carbonyl (C=O) groups excluding carboxylic acids is 1. The predicted molar refractivity (Wildman–Crippen MR) is 78.8 cm³/mol. The van der Waals surface area contributed by atoms with Gasteiger partial charge in [0, 0.05) is 24.2 Å². The third kappa shape index (κ3) is 2.61. The zero-order valence-electron chi connectivity index (χ0n) is 11.1. The Balaban J connectivity index is 2.43. The van der Waals surface area contributed by atoms with Crippen LogP contribution in [-0.4, -0.2) is 18.1 Å². The summed E-state index contributed by atoms with van der Waals surface area (Å²) in [6, 6.07) is 10.6. The summed E-state index contributed by atoms with van der Waals surface area (Å²) in [7, 11) is 0. The van der Waals surface area contributed by atoms with Crippen molar-refractivity contribution in [3.8, 4) is 0 Å². The van der Waals surface area contributed by atoms with Crippen molar-refractivity contribution in [2.75, 3.05) is 11.2 Å². The second-order valence-electron chi connectivity index (χ2n) is 4.87. The highest BCUT2D eigenvalue weighted by Gasteiger charge is 2.30. The van der Waals surface area contributed by atoms with Crippen LogP contribution in [0.4, 0.5) is 5.69 Å². The summed E-state index contributed by atoms with van der Waals surface area (Å²) in [5, 5.41) is 1.05. The Kier molecular flexibility index (Phi) is 4.12. The predicted octanol–water partition coefficient (Wildman–Crippen LogP) is 3.69. The molecule has 0 fully saturated rings. The zero-order valence-corrected chi connectivity index (χ0v) is 11.9. The van der Waals surface area contributed by atoms with E-state index in [0.29, 0.717) is 12.3 Å². The summed E-state index contributed by atoms with van der Waals surface area (Å²) >= 11 is 1.64. The Morgan fingerprint density at radius 3 is 2.50 bits per heavy atom. The van der Waals surface area contributed by atoms with Crippen molar-refractivity contribution in [3.05, 3.63) is 41.4 Å². The van der Waals surface area contributed by atoms with Crippen LogP contribution in [-0.2, 0) is 4.79 Å². The summed E-state index contributed by atoms with van der Waals surface area (Å²) in [6.07, 6.45) is 4.41. The standard InChI is InChI=1S/C15H19NOS/c1-11(2)14-9-13(17)10-15(18-3)16(14)12-7-5-4-6-8-12/h4-8,10-11,14H,9H2,1-3H3/t14-/m1/s1. The fourth-order valence-electron chi connectivity index (χ4n) is 2.33. The second-order valence-corrected chi connectivity index (χ2v) is 5.70. The molecule has 18 heavy (non-hydrogen) atoms. The van der Waals surface area contributed by atoms with E-state index in [4.69, 9.17) is 0 Å². The number of ketones is 1. The van der Waals surface area contributed by atoms with Gasteiger partial charge in [0.1, 0.15) is 0 Å². The number of nitrogens with zero attached hydrogens (tertiary/aromatic N) is 1. The van der Waals surface area contributed by atoms with Crippen LogP contribution in [0.15, 0.2) is 41.4 Å². The summed E-state index contributed by atoms with van der Waals surface area (Å²) in [5.74, 6) is 0.690. The maximum atomic E-state index is 11.8. The Morgan fingerprint density at radius 1 is 1.28 bits per heavy atom. The average molecular weight is 261 g/mol. The van der Waals surface area contributed by atoms with E-state index in [1.807, 2.05) is 24.5 Å². The van der Waals surface area contributed by atoms with Gasteiger partial charge < -0.3 is 4.90 Å². The molecule has 0 aliphatic carbocycles. The van der Waals surface area contributed by atoms with Crippen LogP contribution in [0, 0.1) is 5.92 Å². The molecule has 96 valence electrons. The third-order valence-electron chi connectivity index (χ3n) is 3.28. The fourth-order valence-corrected chi connectivity index (χ4v) is 3.01. The lowest BCUT2D eigenvalue weighted by Crippen LogP contribution is -2.42. The minimum absolute atomic E-state index is 0.241. The summed E-state index contributed by atoms with van der Waals surface area (Å²) in [6.45, 7) is 4.36. The molecule has 3 heteroatoms. The van der Waals surface area contributed by atoms with Gasteiger partial charge in [0.05, 0.1) is 5.03 Å². The molecule has 0 saturated carbocycles. The molecule has 2 nitrogen and oxygen atoms in total. The number of benzene rings is 1. The smallest absolute Gasteiger partial charge is 0.160 e. The Hall–Kier alpha value is -1.22. The minimum Gasteiger partial charge on any atom is -0.332 e. The lowest BCUT2D eigenvalue weighted by atomic mass is 9.94. The molecule has 0 N–H and O–H groups in total. The lowest BCUT2D eigenvalue weighted by molar-refractivity contribution is -0.115. The highest BCUT2D eigenvalue weighted by Crippen LogP contribution is 2.34. The van der Waals surface area contributed by atoms with E-state index in [0.717, 1.165) is 5.03 Å². The van der Waals surface area contributed by atoms with Gasteiger partial charge in [-0.25, -0.2) is 0 Å². The van der Waals surface area contributed by atoms with Crippen LogP contribution < -0.4 is 4.90 Å². The normalized spacial score (nSPS) is 20.2. The minimum atomic E-state index is 0.241. The molecule has 0 aromatic heterocycles. The highest BCUT2D eigenvalue weighted by atomic mass is 32.2. The van der Waals surface area contributed by atoms with Crippen molar-refractivity contribution < 1.29 is 4.79 Å². The van der Waals surface area contributed by atoms with Crippen LogP contribution in [0.25, 0.3) is 0 Å². The van der Waals surface area contributed by atoms with E-state index in [9.17, 15) is 4.79 Å². The van der Waals surface area contributed by atoms with Crippen LogP contribution in [0.5, 0.6) is 0 Å². The van der Waals surface area contributed by atoms with Crippen molar-refractivity contribution in [2.24, 2.45) is 5.92 Å². The van der Waals surface area contributed by atoms with Gasteiger partial charge >= 0.3 is 0 Å². The van der Waals surface area contributed by atoms with E-state index in [1.165, 1.54) is 5.69 Å². The number of carbonyl (C=O) groups is 1. The van der Waals surface area contributed by atoms with E-state index in [1.54, 1.807) is 17.8 Å². The maximum Gasteiger partial charge on any atom is 0.160 e. The Labute approximate surface area is 113 Å². The van der Waals surface area contributed by atoms with Crippen LogP contribution >= 0.6 is 11.8 Å². The second kappa shape index (κ2) is 5.61. The van der Waals surface area contributed by atoms with Crippen LogP contribution in [0.1, 0.15) is 20.3 Å². The van der Waals surface area contributed by atoms with Crippen molar-refractivity contribution in [3.63, 3.8) is 0 Å². The molecule has 2 rings (SSSR count). The molecule has 0 saturated heterocycles. The van der Waals surface area contributed by atoms with E-state index in [-0.39, 0.29) is 11.8 Å². The first-order valence-corrected chi connectivity index (χ1v) is 7.48. The molecule has 1 aliphatic rings. The van der Waals surface area contributed by atoms with Gasteiger partial charge in [-0.1, -0.05) is 32.0 Å². The molecular weight excluding hydrogens is 242 g/mol. The van der Waals surface area contributed by atoms with Gasteiger partial charge in [-0.2, -0.15) is 0 Å². The van der Waals surface area contributed by atoms with Crippen molar-refractivity contribution in [2.45, 2.75) is 26.3 Å². The average Bonchev–Trinajstić information content (AvgIpc) is 2.38. The number of hydrogen-bond donors (Lipinski definition) is 0. The van der Waals surface area contributed by atoms with Crippen molar-refractivity contribution in [1.82, 2.24) is 0 Å². The van der Waals surface area contributed by atoms with Crippen molar-refractivity contribution >= 4 is 23.2 Å².